The highest BCUT2D eigenvalue weighted by atomic mass is 35.5. The van der Waals surface area contributed by atoms with Gasteiger partial charge in [-0.2, -0.15) is 0 Å². The van der Waals surface area contributed by atoms with Crippen LogP contribution in [0.1, 0.15) is 16.7 Å². The molecular weight excluding hydrogens is 448 g/mol. The largest absolute Gasteiger partial charge is 0.497 e. The molecule has 0 radical (unpaired) electrons. The number of benzene rings is 3. The second-order valence-corrected chi connectivity index (χ2v) is 9.66. The third-order valence-electron chi connectivity index (χ3n) is 5.12. The quantitative estimate of drug-likeness (QED) is 0.524. The lowest BCUT2D eigenvalue weighted by Crippen LogP contribution is -2.40. The normalized spacial score (nSPS) is 11.1. The van der Waals surface area contributed by atoms with E-state index in [0.29, 0.717) is 10.7 Å². The lowest BCUT2D eigenvalue weighted by atomic mass is 10.1. The van der Waals surface area contributed by atoms with Crippen molar-refractivity contribution in [3.05, 3.63) is 88.4 Å². The first-order valence-electron chi connectivity index (χ1n) is 9.96. The molecule has 0 aliphatic rings. The summed E-state index contributed by atoms with van der Waals surface area (Å²) in [6, 6.07) is 18.5. The van der Waals surface area contributed by atoms with Gasteiger partial charge in [-0.3, -0.25) is 9.10 Å². The zero-order valence-electron chi connectivity index (χ0n) is 18.1. The summed E-state index contributed by atoms with van der Waals surface area (Å²) in [5.41, 5.74) is 3.25. The number of anilines is 1. The minimum Gasteiger partial charge on any atom is -0.497 e. The van der Waals surface area contributed by atoms with Gasteiger partial charge in [0.2, 0.25) is 5.91 Å². The Hall–Kier alpha value is -3.03. The first kappa shape index (κ1) is 23.6. The summed E-state index contributed by atoms with van der Waals surface area (Å²) in [4.78, 5) is 12.8. The van der Waals surface area contributed by atoms with Crippen LogP contribution in [0.25, 0.3) is 0 Å². The maximum absolute atomic E-state index is 13.4. The fourth-order valence-electron chi connectivity index (χ4n) is 3.06. The number of methoxy groups -OCH3 is 1. The number of sulfonamides is 1. The van der Waals surface area contributed by atoms with E-state index in [1.54, 1.807) is 31.4 Å². The Morgan fingerprint density at radius 1 is 0.969 bits per heavy atom. The Labute approximate surface area is 193 Å². The second-order valence-electron chi connectivity index (χ2n) is 7.36. The molecule has 0 aromatic heterocycles. The van der Waals surface area contributed by atoms with E-state index in [1.807, 2.05) is 32.0 Å². The van der Waals surface area contributed by atoms with Crippen molar-refractivity contribution in [2.75, 3.05) is 18.0 Å². The molecule has 0 atom stereocenters. The Bertz CT molecular complexity index is 1190. The molecule has 0 fully saturated rings. The van der Waals surface area contributed by atoms with Gasteiger partial charge in [-0.05, 0) is 79.1 Å². The number of hydrogen-bond acceptors (Lipinski definition) is 4. The molecule has 8 heteroatoms. The van der Waals surface area contributed by atoms with Gasteiger partial charge in [0.05, 0.1) is 17.7 Å². The molecule has 32 heavy (non-hydrogen) atoms. The topological polar surface area (TPSA) is 75.7 Å². The van der Waals surface area contributed by atoms with Crippen LogP contribution in [0.3, 0.4) is 0 Å². The minimum atomic E-state index is -3.99. The molecule has 0 heterocycles. The van der Waals surface area contributed by atoms with Crippen LogP contribution >= 0.6 is 11.6 Å². The highest BCUT2D eigenvalue weighted by molar-refractivity contribution is 7.92. The van der Waals surface area contributed by atoms with E-state index in [1.165, 1.54) is 24.3 Å². The van der Waals surface area contributed by atoms with Crippen molar-refractivity contribution in [3.8, 4) is 5.75 Å². The minimum absolute atomic E-state index is 0.0584. The van der Waals surface area contributed by atoms with Crippen molar-refractivity contribution in [2.24, 2.45) is 0 Å². The van der Waals surface area contributed by atoms with Crippen LogP contribution in [0.15, 0.2) is 71.6 Å². The SMILES string of the molecule is COc1ccc(CNC(=O)CN(c2ccc(C)c(C)c2)S(=O)(=O)c2ccc(Cl)cc2)cc1. The molecule has 0 saturated carbocycles. The molecule has 6 nitrogen and oxygen atoms in total. The summed E-state index contributed by atoms with van der Waals surface area (Å²) in [5, 5.41) is 3.22. The van der Waals surface area contributed by atoms with Crippen molar-refractivity contribution in [3.63, 3.8) is 0 Å². The number of nitrogens with one attached hydrogen (secondary N) is 1. The van der Waals surface area contributed by atoms with Crippen LogP contribution < -0.4 is 14.4 Å². The summed E-state index contributed by atoms with van der Waals surface area (Å²) in [5.74, 6) is 0.298. The third kappa shape index (κ3) is 5.60. The van der Waals surface area contributed by atoms with Gasteiger partial charge in [0, 0.05) is 11.6 Å². The first-order chi connectivity index (χ1) is 15.2. The molecule has 3 rings (SSSR count). The third-order valence-corrected chi connectivity index (χ3v) is 7.16. The zero-order chi connectivity index (χ0) is 23.3. The fraction of sp³-hybridized carbons (Fsp3) is 0.208. The summed E-state index contributed by atoms with van der Waals surface area (Å²) >= 11 is 5.92. The number of rotatable bonds is 8. The number of nitrogens with zero attached hydrogens (tertiary/aromatic N) is 1. The van der Waals surface area contributed by atoms with Gasteiger partial charge in [0.15, 0.2) is 0 Å². The molecule has 0 bridgehead atoms. The number of halogens is 1. The van der Waals surface area contributed by atoms with E-state index < -0.39 is 15.9 Å². The van der Waals surface area contributed by atoms with Gasteiger partial charge in [-0.25, -0.2) is 8.42 Å². The first-order valence-corrected chi connectivity index (χ1v) is 11.8. The lowest BCUT2D eigenvalue weighted by molar-refractivity contribution is -0.119. The molecular formula is C24H25ClN2O4S. The van der Waals surface area contributed by atoms with E-state index in [0.717, 1.165) is 26.7 Å². The van der Waals surface area contributed by atoms with Gasteiger partial charge < -0.3 is 10.1 Å². The molecule has 1 N–H and O–H groups in total. The van der Waals surface area contributed by atoms with Crippen LogP contribution in [0.5, 0.6) is 5.75 Å². The molecule has 0 unspecified atom stereocenters. The number of aryl methyl sites for hydroxylation is 2. The van der Waals surface area contributed by atoms with Crippen molar-refractivity contribution in [1.82, 2.24) is 5.32 Å². The maximum atomic E-state index is 13.4. The molecule has 0 aliphatic carbocycles. The van der Waals surface area contributed by atoms with Crippen LogP contribution in [-0.4, -0.2) is 28.0 Å². The Morgan fingerprint density at radius 3 is 2.22 bits per heavy atom. The number of carbonyl (C=O) groups excluding carboxylic acids is 1. The number of hydrogen-bond donors (Lipinski definition) is 1. The molecule has 0 spiro atoms. The van der Waals surface area contributed by atoms with E-state index in [-0.39, 0.29) is 18.0 Å². The number of ether oxygens (including phenoxy) is 1. The standard InChI is InChI=1S/C24H25ClN2O4S/c1-17-4-9-21(14-18(17)2)27(32(29,30)23-12-7-20(25)8-13-23)16-24(28)26-15-19-5-10-22(31-3)11-6-19/h4-14H,15-16H2,1-3H3,(H,26,28). The van der Waals surface area contributed by atoms with Crippen LogP contribution in [0, 0.1) is 13.8 Å². The Kier molecular flexibility index (Phi) is 7.43. The van der Waals surface area contributed by atoms with E-state index >= 15 is 0 Å². The predicted octanol–water partition coefficient (Wildman–Crippen LogP) is 4.48. The van der Waals surface area contributed by atoms with Crippen molar-refractivity contribution in [2.45, 2.75) is 25.3 Å². The monoisotopic (exact) mass is 472 g/mol. The van der Waals surface area contributed by atoms with E-state index in [2.05, 4.69) is 5.32 Å². The molecule has 168 valence electrons. The number of carbonyl (C=O) groups is 1. The van der Waals surface area contributed by atoms with Crippen molar-refractivity contribution >= 4 is 33.2 Å². The van der Waals surface area contributed by atoms with Gasteiger partial charge in [0.1, 0.15) is 12.3 Å². The van der Waals surface area contributed by atoms with Gasteiger partial charge in [0.25, 0.3) is 10.0 Å². The smallest absolute Gasteiger partial charge is 0.264 e. The highest BCUT2D eigenvalue weighted by Gasteiger charge is 2.27. The Morgan fingerprint density at radius 2 is 1.62 bits per heavy atom. The molecule has 0 aliphatic heterocycles. The van der Waals surface area contributed by atoms with E-state index in [4.69, 9.17) is 16.3 Å². The van der Waals surface area contributed by atoms with Crippen molar-refractivity contribution < 1.29 is 17.9 Å². The fourth-order valence-corrected chi connectivity index (χ4v) is 4.60. The molecule has 0 saturated heterocycles. The van der Waals surface area contributed by atoms with Crippen LogP contribution in [0.4, 0.5) is 5.69 Å². The molecule has 3 aromatic rings. The second kappa shape index (κ2) is 10.1. The van der Waals surface area contributed by atoms with E-state index in [9.17, 15) is 13.2 Å². The summed E-state index contributed by atoms with van der Waals surface area (Å²) in [6.45, 7) is 3.75. The highest BCUT2D eigenvalue weighted by Crippen LogP contribution is 2.26. The summed E-state index contributed by atoms with van der Waals surface area (Å²) in [6.07, 6.45) is 0. The predicted molar refractivity (Wildman–Crippen MR) is 127 cm³/mol. The lowest BCUT2D eigenvalue weighted by Gasteiger charge is -2.25. The summed E-state index contributed by atoms with van der Waals surface area (Å²) < 4.78 is 33.1. The average Bonchev–Trinajstić information content (AvgIpc) is 2.78. The average molecular weight is 473 g/mol. The maximum Gasteiger partial charge on any atom is 0.264 e. The Balaban J connectivity index is 1.85. The molecule has 3 aromatic carbocycles. The molecule has 1 amide bonds. The van der Waals surface area contributed by atoms with Gasteiger partial charge in [-0.15, -0.1) is 0 Å². The van der Waals surface area contributed by atoms with Crippen LogP contribution in [0.2, 0.25) is 5.02 Å². The summed E-state index contributed by atoms with van der Waals surface area (Å²) in [7, 11) is -2.41. The van der Waals surface area contributed by atoms with Crippen LogP contribution in [-0.2, 0) is 21.4 Å². The zero-order valence-corrected chi connectivity index (χ0v) is 19.7. The number of amides is 1. The van der Waals surface area contributed by atoms with Crippen molar-refractivity contribution in [1.29, 1.82) is 0 Å². The van der Waals surface area contributed by atoms with Gasteiger partial charge in [-0.1, -0.05) is 29.8 Å². The van der Waals surface area contributed by atoms with Gasteiger partial charge >= 0.3 is 0 Å².